The number of H-pyrrole nitrogens is 2. The van der Waals surface area contributed by atoms with Gasteiger partial charge in [-0.05, 0) is 34.5 Å². The minimum Gasteiger partial charge on any atom is -0.495 e. The van der Waals surface area contributed by atoms with Crippen molar-refractivity contribution < 1.29 is 9.57 Å². The molecule has 0 radical (unpaired) electrons. The molecule has 4 aromatic rings. The molecule has 30 heavy (non-hydrogen) atoms. The summed E-state index contributed by atoms with van der Waals surface area (Å²) in [5, 5.41) is 18.7. The van der Waals surface area contributed by atoms with E-state index in [1.165, 1.54) is 11.8 Å². The van der Waals surface area contributed by atoms with Crippen molar-refractivity contribution in [2.75, 3.05) is 13.7 Å². The standard InChI is InChI=1S/C21H21ClN6O2/c1-13-16(8-9-30-23-12-18-25-27-28-26-18)19-17(24-13)11-15(21(29-2)20(19)22)10-14-6-4-3-5-7-14/h3-7,11-12,24H,8-10H2,1-2H3,(H,25,26,27,28). The average molecular weight is 425 g/mol. The monoisotopic (exact) mass is 424 g/mol. The number of nitrogens with one attached hydrogen (secondary N) is 2. The van der Waals surface area contributed by atoms with E-state index in [1.807, 2.05) is 25.1 Å². The van der Waals surface area contributed by atoms with Gasteiger partial charge in [0.1, 0.15) is 18.6 Å². The smallest absolute Gasteiger partial charge is 0.193 e. The Bertz CT molecular complexity index is 1160. The minimum absolute atomic E-state index is 0.385. The van der Waals surface area contributed by atoms with Crippen LogP contribution in [0.5, 0.6) is 5.75 Å². The SMILES string of the molecule is COc1c(Cc2ccccc2)cc2[nH]c(C)c(CCON=Cc3nnn[nH]3)c2c1Cl. The molecule has 8 nitrogen and oxygen atoms in total. The van der Waals surface area contributed by atoms with Crippen LogP contribution in [0.15, 0.2) is 41.6 Å². The van der Waals surface area contributed by atoms with Gasteiger partial charge in [-0.2, -0.15) is 0 Å². The Morgan fingerprint density at radius 3 is 2.80 bits per heavy atom. The molecule has 0 aliphatic rings. The van der Waals surface area contributed by atoms with Crippen LogP contribution in [0.25, 0.3) is 10.9 Å². The highest BCUT2D eigenvalue weighted by Gasteiger charge is 2.19. The first-order chi connectivity index (χ1) is 14.7. The highest BCUT2D eigenvalue weighted by Crippen LogP contribution is 2.40. The summed E-state index contributed by atoms with van der Waals surface area (Å²) in [6, 6.07) is 12.4. The molecule has 2 aromatic heterocycles. The van der Waals surface area contributed by atoms with E-state index in [-0.39, 0.29) is 0 Å². The van der Waals surface area contributed by atoms with Crippen LogP contribution in [0, 0.1) is 6.92 Å². The Hall–Kier alpha value is -3.39. The first-order valence-electron chi connectivity index (χ1n) is 9.47. The summed E-state index contributed by atoms with van der Waals surface area (Å²) in [6.45, 7) is 2.41. The Balaban J connectivity index is 1.57. The lowest BCUT2D eigenvalue weighted by Crippen LogP contribution is -1.98. The molecule has 0 atom stereocenters. The number of hydrogen-bond acceptors (Lipinski definition) is 6. The highest BCUT2D eigenvalue weighted by molar-refractivity contribution is 6.37. The van der Waals surface area contributed by atoms with Gasteiger partial charge in [-0.15, -0.1) is 5.10 Å². The molecule has 2 N–H and O–H groups in total. The van der Waals surface area contributed by atoms with Gasteiger partial charge in [0.2, 0.25) is 0 Å². The molecule has 0 saturated heterocycles. The summed E-state index contributed by atoms with van der Waals surface area (Å²) in [4.78, 5) is 8.79. The van der Waals surface area contributed by atoms with Crippen LogP contribution in [0.2, 0.25) is 5.02 Å². The van der Waals surface area contributed by atoms with Crippen molar-refractivity contribution in [3.8, 4) is 5.75 Å². The maximum Gasteiger partial charge on any atom is 0.193 e. The number of aromatic nitrogens is 5. The van der Waals surface area contributed by atoms with Gasteiger partial charge >= 0.3 is 0 Å². The maximum absolute atomic E-state index is 6.80. The molecule has 0 amide bonds. The topological polar surface area (TPSA) is 101 Å². The van der Waals surface area contributed by atoms with Crippen LogP contribution in [0.3, 0.4) is 0 Å². The zero-order valence-corrected chi connectivity index (χ0v) is 17.4. The Morgan fingerprint density at radius 2 is 2.07 bits per heavy atom. The summed E-state index contributed by atoms with van der Waals surface area (Å²) in [6.07, 6.45) is 2.80. The fraction of sp³-hybridized carbons (Fsp3) is 0.238. The number of fused-ring (bicyclic) bond motifs is 1. The number of benzene rings is 2. The summed E-state index contributed by atoms with van der Waals surface area (Å²) < 4.78 is 5.68. The number of nitrogens with zero attached hydrogens (tertiary/aromatic N) is 4. The summed E-state index contributed by atoms with van der Waals surface area (Å²) in [7, 11) is 1.65. The van der Waals surface area contributed by atoms with Gasteiger partial charge in [-0.25, -0.2) is 5.10 Å². The van der Waals surface area contributed by atoms with Crippen molar-refractivity contribution in [3.05, 3.63) is 69.6 Å². The van der Waals surface area contributed by atoms with Crippen molar-refractivity contribution in [2.45, 2.75) is 19.8 Å². The highest BCUT2D eigenvalue weighted by atomic mass is 35.5. The molecule has 154 valence electrons. The van der Waals surface area contributed by atoms with Gasteiger partial charge in [0.25, 0.3) is 0 Å². The minimum atomic E-state index is 0.385. The van der Waals surface area contributed by atoms with Gasteiger partial charge in [-0.1, -0.05) is 47.1 Å². The predicted octanol–water partition coefficient (Wildman–Crippen LogP) is 3.84. The fourth-order valence-corrected chi connectivity index (χ4v) is 3.95. The Kier molecular flexibility index (Phi) is 5.94. The van der Waals surface area contributed by atoms with E-state index >= 15 is 0 Å². The maximum atomic E-state index is 6.80. The molecule has 0 aliphatic carbocycles. The summed E-state index contributed by atoms with van der Waals surface area (Å²) in [5.41, 5.74) is 5.34. The number of aryl methyl sites for hydroxylation is 1. The Labute approximate surface area is 178 Å². The van der Waals surface area contributed by atoms with E-state index in [1.54, 1.807) is 7.11 Å². The lowest BCUT2D eigenvalue weighted by molar-refractivity contribution is 0.149. The lowest BCUT2D eigenvalue weighted by atomic mass is 10.0. The number of tetrazole rings is 1. The average Bonchev–Trinajstić information content (AvgIpc) is 3.37. The van der Waals surface area contributed by atoms with Crippen molar-refractivity contribution in [2.24, 2.45) is 5.16 Å². The van der Waals surface area contributed by atoms with Gasteiger partial charge in [0.15, 0.2) is 5.82 Å². The second kappa shape index (κ2) is 8.96. The van der Waals surface area contributed by atoms with Gasteiger partial charge in [0, 0.05) is 35.0 Å². The molecule has 2 aromatic carbocycles. The van der Waals surface area contributed by atoms with E-state index in [0.29, 0.717) is 29.6 Å². The van der Waals surface area contributed by atoms with E-state index in [0.717, 1.165) is 34.1 Å². The zero-order chi connectivity index (χ0) is 20.9. The number of halogens is 1. The van der Waals surface area contributed by atoms with Crippen LogP contribution in [0.4, 0.5) is 0 Å². The van der Waals surface area contributed by atoms with Crippen LogP contribution in [-0.4, -0.2) is 45.5 Å². The van der Waals surface area contributed by atoms with E-state index in [9.17, 15) is 0 Å². The third-order valence-corrected chi connectivity index (χ3v) is 5.23. The lowest BCUT2D eigenvalue weighted by Gasteiger charge is -2.13. The quantitative estimate of drug-likeness (QED) is 0.254. The fourth-order valence-electron chi connectivity index (χ4n) is 3.53. The van der Waals surface area contributed by atoms with E-state index in [2.05, 4.69) is 49.0 Å². The molecular formula is C21H21ClN6O2. The molecule has 0 aliphatic heterocycles. The van der Waals surface area contributed by atoms with Crippen molar-refractivity contribution in [1.82, 2.24) is 25.6 Å². The number of aromatic amines is 2. The van der Waals surface area contributed by atoms with Crippen LogP contribution >= 0.6 is 11.6 Å². The summed E-state index contributed by atoms with van der Waals surface area (Å²) in [5.74, 6) is 1.13. The number of rotatable bonds is 8. The number of oxime groups is 1. The summed E-state index contributed by atoms with van der Waals surface area (Å²) >= 11 is 6.80. The largest absolute Gasteiger partial charge is 0.495 e. The van der Waals surface area contributed by atoms with Crippen LogP contribution in [-0.2, 0) is 17.7 Å². The number of methoxy groups -OCH3 is 1. The Morgan fingerprint density at radius 1 is 1.23 bits per heavy atom. The molecule has 0 unspecified atom stereocenters. The molecule has 2 heterocycles. The third kappa shape index (κ3) is 4.13. The second-order valence-corrected chi connectivity index (χ2v) is 7.18. The number of hydrogen-bond donors (Lipinski definition) is 2. The third-order valence-electron chi connectivity index (χ3n) is 4.87. The van der Waals surface area contributed by atoms with Gasteiger partial charge in [0.05, 0.1) is 12.1 Å². The van der Waals surface area contributed by atoms with E-state index in [4.69, 9.17) is 21.2 Å². The molecule has 0 saturated carbocycles. The molecule has 0 fully saturated rings. The zero-order valence-electron chi connectivity index (χ0n) is 16.6. The van der Waals surface area contributed by atoms with Gasteiger partial charge in [-0.3, -0.25) is 0 Å². The van der Waals surface area contributed by atoms with E-state index < -0.39 is 0 Å². The van der Waals surface area contributed by atoms with Gasteiger partial charge < -0.3 is 14.6 Å². The predicted molar refractivity (Wildman–Crippen MR) is 115 cm³/mol. The first-order valence-corrected chi connectivity index (χ1v) is 9.84. The van der Waals surface area contributed by atoms with Crippen molar-refractivity contribution in [1.29, 1.82) is 0 Å². The van der Waals surface area contributed by atoms with Crippen molar-refractivity contribution >= 4 is 28.7 Å². The second-order valence-electron chi connectivity index (χ2n) is 6.80. The molecule has 4 rings (SSSR count). The first kappa shape index (κ1) is 19.9. The van der Waals surface area contributed by atoms with Crippen LogP contribution in [0.1, 0.15) is 28.2 Å². The number of ether oxygens (including phenoxy) is 1. The normalized spacial score (nSPS) is 11.4. The van der Waals surface area contributed by atoms with Crippen LogP contribution < -0.4 is 4.74 Å². The van der Waals surface area contributed by atoms with Crippen molar-refractivity contribution in [3.63, 3.8) is 0 Å². The molecular weight excluding hydrogens is 404 g/mol. The molecule has 0 bridgehead atoms. The molecule has 0 spiro atoms. The molecule has 9 heteroatoms.